The first-order valence-corrected chi connectivity index (χ1v) is 9.65. The van der Waals surface area contributed by atoms with Crippen LogP contribution >= 0.6 is 23.1 Å². The van der Waals surface area contributed by atoms with Crippen LogP contribution in [-0.2, 0) is 4.79 Å². The highest BCUT2D eigenvalue weighted by Crippen LogP contribution is 2.29. The lowest BCUT2D eigenvalue weighted by Crippen LogP contribution is -2.47. The molecule has 1 aliphatic rings. The minimum Gasteiger partial charge on any atom is -0.351 e. The van der Waals surface area contributed by atoms with Crippen molar-refractivity contribution in [3.63, 3.8) is 0 Å². The van der Waals surface area contributed by atoms with Crippen LogP contribution in [0.2, 0.25) is 0 Å². The first kappa shape index (κ1) is 17.5. The van der Waals surface area contributed by atoms with Gasteiger partial charge in [-0.2, -0.15) is 0 Å². The lowest BCUT2D eigenvalue weighted by Gasteiger charge is -2.27. The Bertz CT molecular complexity index is 775. The summed E-state index contributed by atoms with van der Waals surface area (Å²) in [5.74, 6) is 0.545. The molecule has 0 aromatic carbocycles. The van der Waals surface area contributed by atoms with Crippen molar-refractivity contribution in [3.8, 4) is 0 Å². The normalized spacial score (nSPS) is 17.0. The molecule has 3 rings (SSSR count). The lowest BCUT2D eigenvalue weighted by atomic mass is 10.0. The number of allylic oxidation sites excluding steroid dienone is 1. The number of carbonyl (C=O) groups is 2. The van der Waals surface area contributed by atoms with E-state index in [0.29, 0.717) is 17.8 Å². The molecule has 1 unspecified atom stereocenters. The molecule has 6 nitrogen and oxygen atoms in total. The number of rotatable bonds is 6. The molecular weight excluding hydrogens is 356 g/mol. The van der Waals surface area contributed by atoms with E-state index in [1.54, 1.807) is 24.9 Å². The van der Waals surface area contributed by atoms with E-state index in [0.717, 1.165) is 15.7 Å². The molecule has 2 aromatic heterocycles. The number of nitrogens with one attached hydrogen (secondary N) is 3. The summed E-state index contributed by atoms with van der Waals surface area (Å²) in [6.45, 7) is 2.26. The van der Waals surface area contributed by atoms with Crippen molar-refractivity contribution in [1.29, 1.82) is 0 Å². The van der Waals surface area contributed by atoms with Gasteiger partial charge >= 0.3 is 6.03 Å². The van der Waals surface area contributed by atoms with Gasteiger partial charge in [-0.25, -0.2) is 9.78 Å². The van der Waals surface area contributed by atoms with Gasteiger partial charge in [-0.3, -0.25) is 4.79 Å². The second kappa shape index (κ2) is 8.17. The third-order valence-electron chi connectivity index (χ3n) is 3.62. The Morgan fingerprint density at radius 1 is 1.36 bits per heavy atom. The van der Waals surface area contributed by atoms with Gasteiger partial charge in [-0.05, 0) is 30.5 Å². The van der Waals surface area contributed by atoms with Crippen molar-refractivity contribution in [1.82, 2.24) is 20.9 Å². The largest absolute Gasteiger partial charge is 0.351 e. The van der Waals surface area contributed by atoms with Crippen molar-refractivity contribution in [2.75, 3.05) is 12.3 Å². The quantitative estimate of drug-likeness (QED) is 0.536. The van der Waals surface area contributed by atoms with Gasteiger partial charge in [-0.1, -0.05) is 12.1 Å². The minimum absolute atomic E-state index is 0.176. The van der Waals surface area contributed by atoms with E-state index in [4.69, 9.17) is 0 Å². The van der Waals surface area contributed by atoms with Crippen molar-refractivity contribution in [2.24, 2.45) is 0 Å². The molecule has 3 amide bonds. The van der Waals surface area contributed by atoms with Crippen LogP contribution in [0.15, 0.2) is 58.2 Å². The number of aromatic nitrogens is 1. The summed E-state index contributed by atoms with van der Waals surface area (Å²) >= 11 is 3.09. The zero-order valence-corrected chi connectivity index (χ0v) is 15.2. The average molecular weight is 374 g/mol. The van der Waals surface area contributed by atoms with Crippen molar-refractivity contribution in [3.05, 3.63) is 58.1 Å². The Morgan fingerprint density at radius 3 is 2.96 bits per heavy atom. The van der Waals surface area contributed by atoms with E-state index in [-0.39, 0.29) is 11.9 Å². The van der Waals surface area contributed by atoms with Crippen LogP contribution in [0.5, 0.6) is 0 Å². The second-order valence-corrected chi connectivity index (χ2v) is 7.45. The molecule has 0 spiro atoms. The fourth-order valence-electron chi connectivity index (χ4n) is 2.51. The van der Waals surface area contributed by atoms with Gasteiger partial charge < -0.3 is 16.0 Å². The minimum atomic E-state index is -0.419. The molecule has 1 aliphatic heterocycles. The highest BCUT2D eigenvalue weighted by Gasteiger charge is 2.31. The Labute approximate surface area is 154 Å². The topological polar surface area (TPSA) is 83.1 Å². The first-order chi connectivity index (χ1) is 12.1. The monoisotopic (exact) mass is 374 g/mol. The van der Waals surface area contributed by atoms with Crippen LogP contribution in [0.1, 0.15) is 17.8 Å². The molecule has 0 saturated carbocycles. The van der Waals surface area contributed by atoms with Crippen LogP contribution in [-0.4, -0.2) is 29.2 Å². The van der Waals surface area contributed by atoms with Crippen molar-refractivity contribution >= 4 is 35.0 Å². The molecule has 8 heteroatoms. The van der Waals surface area contributed by atoms with Crippen LogP contribution in [0.3, 0.4) is 0 Å². The molecule has 1 atom stereocenters. The van der Waals surface area contributed by atoms with Gasteiger partial charge in [0, 0.05) is 29.1 Å². The summed E-state index contributed by atoms with van der Waals surface area (Å²) in [6.07, 6.45) is 1.75. The number of thioether (sulfide) groups is 1. The number of carbonyl (C=O) groups excluding carboxylic acids is 2. The molecule has 0 radical (unpaired) electrons. The number of pyridine rings is 1. The van der Waals surface area contributed by atoms with Gasteiger partial charge in [0.15, 0.2) is 0 Å². The first-order valence-electron chi connectivity index (χ1n) is 7.79. The molecule has 130 valence electrons. The SMILES string of the molecule is CC1=C(C(=O)NCCSc2ccccn2)C(c2cccs2)NC(=O)N1. The maximum absolute atomic E-state index is 12.7. The summed E-state index contributed by atoms with van der Waals surface area (Å²) in [6, 6.07) is 8.85. The van der Waals surface area contributed by atoms with E-state index >= 15 is 0 Å². The second-order valence-electron chi connectivity index (χ2n) is 5.36. The predicted octanol–water partition coefficient (Wildman–Crippen LogP) is 2.68. The van der Waals surface area contributed by atoms with Gasteiger partial charge in [0.2, 0.25) is 0 Å². The average Bonchev–Trinajstić information content (AvgIpc) is 3.13. The number of amides is 3. The molecule has 0 aliphatic carbocycles. The fourth-order valence-corrected chi connectivity index (χ4v) is 4.02. The third kappa shape index (κ3) is 4.40. The maximum Gasteiger partial charge on any atom is 0.319 e. The summed E-state index contributed by atoms with van der Waals surface area (Å²) in [7, 11) is 0. The standard InChI is InChI=1S/C17H18N4O2S2/c1-11-14(15(21-17(23)20-11)12-5-4-9-24-12)16(22)19-8-10-25-13-6-2-3-7-18-13/h2-7,9,15H,8,10H2,1H3,(H,19,22)(H2,20,21,23). The number of hydrogen-bond acceptors (Lipinski definition) is 5. The number of urea groups is 1. The number of hydrogen-bond donors (Lipinski definition) is 3. The molecule has 3 N–H and O–H groups in total. The summed E-state index contributed by atoms with van der Waals surface area (Å²) in [5, 5.41) is 11.3. The van der Waals surface area contributed by atoms with Gasteiger partial charge in [0.1, 0.15) is 0 Å². The molecular formula is C17H18N4O2S2. The lowest BCUT2D eigenvalue weighted by molar-refractivity contribution is -0.117. The highest BCUT2D eigenvalue weighted by molar-refractivity contribution is 7.99. The summed E-state index contributed by atoms with van der Waals surface area (Å²) in [4.78, 5) is 29.6. The van der Waals surface area contributed by atoms with Crippen molar-refractivity contribution in [2.45, 2.75) is 18.0 Å². The molecule has 2 aromatic rings. The number of thiophene rings is 1. The Morgan fingerprint density at radius 2 is 2.24 bits per heavy atom. The van der Waals surface area contributed by atoms with E-state index in [9.17, 15) is 9.59 Å². The van der Waals surface area contributed by atoms with E-state index in [2.05, 4.69) is 20.9 Å². The zero-order chi connectivity index (χ0) is 17.6. The van der Waals surface area contributed by atoms with E-state index in [1.165, 1.54) is 11.3 Å². The molecule has 0 saturated heterocycles. The Balaban J connectivity index is 1.62. The predicted molar refractivity (Wildman–Crippen MR) is 99.4 cm³/mol. The summed E-state index contributed by atoms with van der Waals surface area (Å²) in [5.41, 5.74) is 1.13. The summed E-state index contributed by atoms with van der Waals surface area (Å²) < 4.78 is 0. The van der Waals surface area contributed by atoms with E-state index in [1.807, 2.05) is 35.7 Å². The van der Waals surface area contributed by atoms with Crippen LogP contribution in [0.25, 0.3) is 0 Å². The van der Waals surface area contributed by atoms with Crippen LogP contribution in [0, 0.1) is 0 Å². The molecule has 25 heavy (non-hydrogen) atoms. The Hall–Kier alpha value is -2.32. The molecule has 0 bridgehead atoms. The van der Waals surface area contributed by atoms with Crippen LogP contribution < -0.4 is 16.0 Å². The third-order valence-corrected chi connectivity index (χ3v) is 5.50. The highest BCUT2D eigenvalue weighted by atomic mass is 32.2. The maximum atomic E-state index is 12.7. The molecule has 3 heterocycles. The van der Waals surface area contributed by atoms with E-state index < -0.39 is 6.04 Å². The van der Waals surface area contributed by atoms with Gasteiger partial charge in [0.25, 0.3) is 5.91 Å². The van der Waals surface area contributed by atoms with Crippen molar-refractivity contribution < 1.29 is 9.59 Å². The smallest absolute Gasteiger partial charge is 0.319 e. The van der Waals surface area contributed by atoms with Crippen LogP contribution in [0.4, 0.5) is 4.79 Å². The van der Waals surface area contributed by atoms with Gasteiger partial charge in [0.05, 0.1) is 16.6 Å². The number of nitrogens with zero attached hydrogens (tertiary/aromatic N) is 1. The zero-order valence-electron chi connectivity index (χ0n) is 13.6. The van der Waals surface area contributed by atoms with Gasteiger partial charge in [-0.15, -0.1) is 23.1 Å². The fraction of sp³-hybridized carbons (Fsp3) is 0.235. The Kier molecular flexibility index (Phi) is 5.72. The molecule has 0 fully saturated rings.